The van der Waals surface area contributed by atoms with E-state index in [1.54, 1.807) is 0 Å². The third-order valence-electron chi connectivity index (χ3n) is 4.91. The number of aromatic nitrogens is 1. The quantitative estimate of drug-likeness (QED) is 0.704. The van der Waals surface area contributed by atoms with Crippen LogP contribution in [-0.2, 0) is 6.54 Å². The first kappa shape index (κ1) is 19.7. The molecule has 3 unspecified atom stereocenters. The Hall–Kier alpha value is -1.66. The third kappa shape index (κ3) is 6.63. The molecule has 0 bridgehead atoms. The number of amides is 2. The second kappa shape index (κ2) is 9.73. The lowest BCUT2D eigenvalue weighted by atomic mass is 9.94. The lowest BCUT2D eigenvalue weighted by molar-refractivity contribution is 0.116. The molecule has 0 saturated carbocycles. The van der Waals surface area contributed by atoms with E-state index in [0.29, 0.717) is 18.9 Å². The molecule has 1 saturated heterocycles. The molecule has 1 aromatic rings. The smallest absolute Gasteiger partial charge is 0.315 e. The molecule has 0 spiro atoms. The van der Waals surface area contributed by atoms with Crippen molar-refractivity contribution in [3.8, 4) is 0 Å². The highest BCUT2D eigenvalue weighted by Gasteiger charge is 2.27. The third-order valence-corrected chi connectivity index (χ3v) is 4.91. The highest BCUT2D eigenvalue weighted by atomic mass is 16.3. The zero-order valence-electron chi connectivity index (χ0n) is 15.6. The Kier molecular flexibility index (Phi) is 7.65. The largest absolute Gasteiger partial charge is 0.393 e. The van der Waals surface area contributed by atoms with Crippen molar-refractivity contribution in [1.29, 1.82) is 0 Å². The molecular formula is C19H32N4O2. The van der Waals surface area contributed by atoms with Crippen LogP contribution in [0.1, 0.15) is 39.3 Å². The number of likely N-dealkylation sites (tertiary alicyclic amines) is 1. The Morgan fingerprint density at radius 1 is 1.44 bits per heavy atom. The number of hydrogen-bond acceptors (Lipinski definition) is 4. The monoisotopic (exact) mass is 348 g/mol. The van der Waals surface area contributed by atoms with Crippen LogP contribution in [0, 0.1) is 11.8 Å². The Labute approximate surface area is 151 Å². The molecule has 2 amide bonds. The molecular weight excluding hydrogens is 316 g/mol. The first-order valence-electron chi connectivity index (χ1n) is 9.30. The van der Waals surface area contributed by atoms with E-state index in [9.17, 15) is 9.90 Å². The molecule has 6 heteroatoms. The molecule has 2 rings (SSSR count). The number of hydrogen-bond donors (Lipinski definition) is 3. The summed E-state index contributed by atoms with van der Waals surface area (Å²) in [5.74, 6) is 0.609. The number of piperidine rings is 1. The molecule has 0 radical (unpaired) electrons. The van der Waals surface area contributed by atoms with E-state index in [2.05, 4.69) is 27.4 Å². The summed E-state index contributed by atoms with van der Waals surface area (Å²) in [6, 6.07) is 6.05. The van der Waals surface area contributed by atoms with Gasteiger partial charge in [-0.15, -0.1) is 0 Å². The van der Waals surface area contributed by atoms with E-state index in [1.165, 1.54) is 0 Å². The number of aliphatic hydroxyl groups excluding tert-OH is 1. The summed E-state index contributed by atoms with van der Waals surface area (Å²) < 4.78 is 0. The maximum absolute atomic E-state index is 12.1. The number of nitrogens with one attached hydrogen (secondary N) is 2. The van der Waals surface area contributed by atoms with Crippen LogP contribution >= 0.6 is 0 Å². The van der Waals surface area contributed by atoms with E-state index in [1.807, 2.05) is 38.2 Å². The van der Waals surface area contributed by atoms with Crippen molar-refractivity contribution in [1.82, 2.24) is 20.5 Å². The van der Waals surface area contributed by atoms with Gasteiger partial charge in [-0.2, -0.15) is 0 Å². The number of rotatable bonds is 7. The van der Waals surface area contributed by atoms with Gasteiger partial charge in [-0.1, -0.05) is 26.8 Å². The van der Waals surface area contributed by atoms with Gasteiger partial charge in [0.2, 0.25) is 0 Å². The first-order valence-corrected chi connectivity index (χ1v) is 9.30. The van der Waals surface area contributed by atoms with Gasteiger partial charge in [0.05, 0.1) is 11.8 Å². The Morgan fingerprint density at radius 3 is 2.88 bits per heavy atom. The van der Waals surface area contributed by atoms with Gasteiger partial charge >= 0.3 is 6.03 Å². The van der Waals surface area contributed by atoms with Crippen molar-refractivity contribution in [3.05, 3.63) is 30.1 Å². The van der Waals surface area contributed by atoms with Crippen LogP contribution in [-0.4, -0.2) is 52.8 Å². The average molecular weight is 348 g/mol. The van der Waals surface area contributed by atoms with Crippen LogP contribution in [0.5, 0.6) is 0 Å². The van der Waals surface area contributed by atoms with Crippen LogP contribution in [0.15, 0.2) is 24.4 Å². The number of aliphatic hydroxyl groups is 1. The van der Waals surface area contributed by atoms with Gasteiger partial charge in [-0.05, 0) is 36.8 Å². The fraction of sp³-hybridized carbons (Fsp3) is 0.684. The van der Waals surface area contributed by atoms with E-state index < -0.39 is 0 Å². The minimum absolute atomic E-state index is 0.133. The van der Waals surface area contributed by atoms with E-state index in [-0.39, 0.29) is 24.1 Å². The zero-order chi connectivity index (χ0) is 18.2. The van der Waals surface area contributed by atoms with Gasteiger partial charge in [-0.25, -0.2) is 4.79 Å². The first-order chi connectivity index (χ1) is 12.0. The summed E-state index contributed by atoms with van der Waals surface area (Å²) in [6.07, 6.45) is 2.99. The molecule has 0 aromatic carbocycles. The number of carbonyl (C=O) groups is 1. The van der Waals surface area contributed by atoms with Gasteiger partial charge < -0.3 is 15.7 Å². The minimum atomic E-state index is -0.367. The lowest BCUT2D eigenvalue weighted by Gasteiger charge is -2.37. The average Bonchev–Trinajstić information content (AvgIpc) is 2.58. The Bertz CT molecular complexity index is 523. The molecule has 1 fully saturated rings. The molecule has 140 valence electrons. The molecule has 3 N–H and O–H groups in total. The highest BCUT2D eigenvalue weighted by Crippen LogP contribution is 2.18. The maximum atomic E-state index is 12.1. The molecule has 2 heterocycles. The second-order valence-corrected chi connectivity index (χ2v) is 7.43. The number of pyridine rings is 1. The Balaban J connectivity index is 1.69. The predicted molar refractivity (Wildman–Crippen MR) is 99.1 cm³/mol. The minimum Gasteiger partial charge on any atom is -0.393 e. The molecule has 1 aliphatic heterocycles. The van der Waals surface area contributed by atoms with Crippen LogP contribution in [0.4, 0.5) is 4.79 Å². The van der Waals surface area contributed by atoms with Gasteiger partial charge in [0.15, 0.2) is 0 Å². The van der Waals surface area contributed by atoms with Crippen LogP contribution in [0.3, 0.4) is 0 Å². The molecule has 1 aromatic heterocycles. The number of urea groups is 1. The summed E-state index contributed by atoms with van der Waals surface area (Å²) in [4.78, 5) is 18.8. The summed E-state index contributed by atoms with van der Waals surface area (Å²) in [5, 5.41) is 15.7. The number of carbonyl (C=O) groups excluding carboxylic acids is 1. The van der Waals surface area contributed by atoms with Gasteiger partial charge in [-0.3, -0.25) is 9.88 Å². The van der Waals surface area contributed by atoms with Crippen molar-refractivity contribution >= 4 is 6.03 Å². The summed E-state index contributed by atoms with van der Waals surface area (Å²) in [5.41, 5.74) is 1.09. The maximum Gasteiger partial charge on any atom is 0.315 e. The van der Waals surface area contributed by atoms with Crippen LogP contribution in [0.25, 0.3) is 0 Å². The van der Waals surface area contributed by atoms with Gasteiger partial charge in [0.25, 0.3) is 0 Å². The molecule has 6 nitrogen and oxygen atoms in total. The topological polar surface area (TPSA) is 77.5 Å². The standard InChI is InChI=1S/C19H32N4O2/c1-14(2)18(24)7-10-21-19(25)22-17-8-11-23(12-15(17)3)13-16-6-4-5-9-20-16/h4-6,9,14-15,17-18,24H,7-8,10-13H2,1-3H3,(H2,21,22,25). The van der Waals surface area contributed by atoms with Crippen molar-refractivity contribution < 1.29 is 9.90 Å². The molecule has 25 heavy (non-hydrogen) atoms. The molecule has 0 aliphatic carbocycles. The highest BCUT2D eigenvalue weighted by molar-refractivity contribution is 5.74. The lowest BCUT2D eigenvalue weighted by Crippen LogP contribution is -2.52. The number of nitrogens with zero attached hydrogens (tertiary/aromatic N) is 2. The summed E-state index contributed by atoms with van der Waals surface area (Å²) in [7, 11) is 0. The zero-order valence-corrected chi connectivity index (χ0v) is 15.6. The van der Waals surface area contributed by atoms with E-state index >= 15 is 0 Å². The summed E-state index contributed by atoms with van der Waals surface area (Å²) in [6.45, 7) is 9.40. The molecule has 1 aliphatic rings. The van der Waals surface area contributed by atoms with Crippen LogP contribution in [0.2, 0.25) is 0 Å². The van der Waals surface area contributed by atoms with Crippen molar-refractivity contribution in [2.24, 2.45) is 11.8 Å². The van der Waals surface area contributed by atoms with Crippen molar-refractivity contribution in [2.45, 2.75) is 52.3 Å². The van der Waals surface area contributed by atoms with Crippen LogP contribution < -0.4 is 10.6 Å². The second-order valence-electron chi connectivity index (χ2n) is 7.43. The predicted octanol–water partition coefficient (Wildman–Crippen LogP) is 2.00. The van der Waals surface area contributed by atoms with Crippen molar-refractivity contribution in [3.63, 3.8) is 0 Å². The fourth-order valence-corrected chi connectivity index (χ4v) is 3.20. The SMILES string of the molecule is CC(C)C(O)CCNC(=O)NC1CCN(Cc2ccccn2)CC1C. The van der Waals surface area contributed by atoms with Crippen molar-refractivity contribution in [2.75, 3.05) is 19.6 Å². The van der Waals surface area contributed by atoms with Gasteiger partial charge in [0, 0.05) is 38.4 Å². The van der Waals surface area contributed by atoms with E-state index in [4.69, 9.17) is 0 Å². The Morgan fingerprint density at radius 2 is 2.24 bits per heavy atom. The normalized spacial score (nSPS) is 22.6. The molecule has 3 atom stereocenters. The summed E-state index contributed by atoms with van der Waals surface area (Å²) >= 11 is 0. The fourth-order valence-electron chi connectivity index (χ4n) is 3.20. The van der Waals surface area contributed by atoms with E-state index in [0.717, 1.165) is 31.7 Å². The van der Waals surface area contributed by atoms with Gasteiger partial charge in [0.1, 0.15) is 0 Å².